The summed E-state index contributed by atoms with van der Waals surface area (Å²) in [6.45, 7) is 8.88. The third kappa shape index (κ3) is 5.94. The molecule has 3 aromatic rings. The van der Waals surface area contributed by atoms with Crippen LogP contribution < -0.4 is 10.0 Å². The van der Waals surface area contributed by atoms with Crippen molar-refractivity contribution in [1.82, 2.24) is 14.5 Å². The van der Waals surface area contributed by atoms with E-state index >= 15 is 0 Å². The zero-order chi connectivity index (χ0) is 24.4. The van der Waals surface area contributed by atoms with Crippen LogP contribution in [0.25, 0.3) is 11.8 Å². The Bertz CT molecular complexity index is 1300. The number of nitrogens with one attached hydrogen (secondary N) is 2. The average Bonchev–Trinajstić information content (AvgIpc) is 2.99. The van der Waals surface area contributed by atoms with Crippen LogP contribution in [0.5, 0.6) is 0 Å². The highest BCUT2D eigenvalue weighted by molar-refractivity contribution is 7.89. The Kier molecular flexibility index (Phi) is 6.85. The van der Waals surface area contributed by atoms with Crippen molar-refractivity contribution in [2.75, 3.05) is 5.32 Å². The van der Waals surface area contributed by atoms with Gasteiger partial charge in [0.25, 0.3) is 0 Å². The third-order valence-corrected chi connectivity index (χ3v) is 6.51. The fourth-order valence-electron chi connectivity index (χ4n) is 3.33. The number of aromatic nitrogens is 2. The van der Waals surface area contributed by atoms with Crippen LogP contribution >= 0.6 is 0 Å². The van der Waals surface area contributed by atoms with Gasteiger partial charge in [-0.15, -0.1) is 0 Å². The lowest BCUT2D eigenvalue weighted by molar-refractivity contribution is -0.111. The maximum absolute atomic E-state index is 13.2. The number of hydrogen-bond acceptors (Lipinski definition) is 4. The molecule has 2 aromatic carbocycles. The maximum atomic E-state index is 13.2. The minimum atomic E-state index is -3.83. The second-order valence-electron chi connectivity index (χ2n) is 8.65. The fraction of sp³-hybridized carbons (Fsp3) is 0.250. The molecule has 0 aliphatic heterocycles. The van der Waals surface area contributed by atoms with Crippen LogP contribution in [0, 0.1) is 19.7 Å². The second kappa shape index (κ2) is 9.29. The number of aryl methyl sites for hydroxylation is 1. The molecular formula is C24H27FN4O3S. The number of sulfonamides is 1. The van der Waals surface area contributed by atoms with E-state index in [1.165, 1.54) is 30.3 Å². The van der Waals surface area contributed by atoms with Gasteiger partial charge in [-0.3, -0.25) is 4.79 Å². The number of anilines is 1. The first-order valence-corrected chi connectivity index (χ1v) is 11.8. The average molecular weight is 471 g/mol. The summed E-state index contributed by atoms with van der Waals surface area (Å²) in [5.74, 6) is -0.821. The first kappa shape index (κ1) is 24.3. The topological polar surface area (TPSA) is 93.1 Å². The third-order valence-electron chi connectivity index (χ3n) is 4.69. The quantitative estimate of drug-likeness (QED) is 0.524. The highest BCUT2D eigenvalue weighted by Crippen LogP contribution is 2.23. The summed E-state index contributed by atoms with van der Waals surface area (Å²) in [5.41, 5.74) is 2.42. The molecule has 0 saturated heterocycles. The Labute approximate surface area is 193 Å². The van der Waals surface area contributed by atoms with E-state index in [1.807, 2.05) is 13.8 Å². The molecule has 0 fully saturated rings. The number of hydrogen-bond donors (Lipinski definition) is 2. The molecule has 0 spiro atoms. The van der Waals surface area contributed by atoms with Crippen LogP contribution in [-0.2, 0) is 14.8 Å². The summed E-state index contributed by atoms with van der Waals surface area (Å²) >= 11 is 0. The number of nitrogens with zero attached hydrogens (tertiary/aromatic N) is 2. The van der Waals surface area contributed by atoms with Crippen molar-refractivity contribution in [3.05, 3.63) is 77.4 Å². The maximum Gasteiger partial charge on any atom is 0.248 e. The fourth-order valence-corrected chi connectivity index (χ4v) is 4.91. The predicted octanol–water partition coefficient (Wildman–Crippen LogP) is 4.36. The van der Waals surface area contributed by atoms with Crippen LogP contribution in [0.4, 0.5) is 10.1 Å². The number of amides is 1. The summed E-state index contributed by atoms with van der Waals surface area (Å²) in [6.07, 6.45) is 2.95. The Hall–Kier alpha value is -3.30. The van der Waals surface area contributed by atoms with Crippen LogP contribution in [0.15, 0.2) is 59.5 Å². The molecule has 1 aromatic heterocycles. The molecule has 0 aliphatic carbocycles. The van der Waals surface area contributed by atoms with Gasteiger partial charge in [0.1, 0.15) is 10.7 Å². The standard InChI is InChI=1S/C24H27FN4O3S/c1-16-20(17(2)29(27-16)19-12-10-18(25)11-13-19)14-15-23(30)26-21-8-6-7-9-22(21)33(31,32)28-24(3,4)5/h6-15,28H,1-5H3,(H,26,30)/b15-14+. The summed E-state index contributed by atoms with van der Waals surface area (Å²) in [7, 11) is -3.83. The molecule has 0 atom stereocenters. The Morgan fingerprint density at radius 2 is 1.70 bits per heavy atom. The normalized spacial score (nSPS) is 12.3. The second-order valence-corrected chi connectivity index (χ2v) is 10.3. The molecule has 1 amide bonds. The van der Waals surface area contributed by atoms with Crippen molar-refractivity contribution < 1.29 is 17.6 Å². The van der Waals surface area contributed by atoms with Gasteiger partial charge in [-0.05, 0) is 77.1 Å². The molecule has 9 heteroatoms. The first-order chi connectivity index (χ1) is 15.4. The molecule has 0 radical (unpaired) electrons. The predicted molar refractivity (Wildman–Crippen MR) is 127 cm³/mol. The lowest BCUT2D eigenvalue weighted by atomic mass is 10.1. The van der Waals surface area contributed by atoms with E-state index in [1.54, 1.807) is 55.8 Å². The molecule has 1 heterocycles. The zero-order valence-electron chi connectivity index (χ0n) is 19.2. The number of carbonyl (C=O) groups excluding carboxylic acids is 1. The van der Waals surface area contributed by atoms with Crippen molar-refractivity contribution in [3.63, 3.8) is 0 Å². The van der Waals surface area contributed by atoms with E-state index in [-0.39, 0.29) is 16.4 Å². The molecule has 3 rings (SSSR count). The summed E-state index contributed by atoms with van der Waals surface area (Å²) in [5, 5.41) is 7.12. The highest BCUT2D eigenvalue weighted by atomic mass is 32.2. The molecule has 7 nitrogen and oxygen atoms in total. The Morgan fingerprint density at radius 1 is 1.06 bits per heavy atom. The lowest BCUT2D eigenvalue weighted by Gasteiger charge is -2.21. The van der Waals surface area contributed by atoms with Crippen LogP contribution in [0.2, 0.25) is 0 Å². The number of benzene rings is 2. The molecule has 174 valence electrons. The largest absolute Gasteiger partial charge is 0.321 e. The Balaban J connectivity index is 1.83. The lowest BCUT2D eigenvalue weighted by Crippen LogP contribution is -2.40. The van der Waals surface area contributed by atoms with Crippen molar-refractivity contribution in [2.24, 2.45) is 0 Å². The van der Waals surface area contributed by atoms with Crippen molar-refractivity contribution in [1.29, 1.82) is 0 Å². The van der Waals surface area contributed by atoms with Gasteiger partial charge in [0.05, 0.1) is 17.1 Å². The van der Waals surface area contributed by atoms with Crippen LogP contribution in [-0.4, -0.2) is 29.6 Å². The summed E-state index contributed by atoms with van der Waals surface area (Å²) in [6, 6.07) is 12.2. The number of halogens is 1. The molecule has 0 aliphatic rings. The smallest absolute Gasteiger partial charge is 0.248 e. The zero-order valence-corrected chi connectivity index (χ0v) is 20.0. The minimum absolute atomic E-state index is 0.0156. The summed E-state index contributed by atoms with van der Waals surface area (Å²) in [4.78, 5) is 12.6. The SMILES string of the molecule is Cc1nn(-c2ccc(F)cc2)c(C)c1/C=C/C(=O)Nc1ccccc1S(=O)(=O)NC(C)(C)C. The van der Waals surface area contributed by atoms with Gasteiger partial charge < -0.3 is 5.32 Å². The van der Waals surface area contributed by atoms with Crippen molar-refractivity contribution >= 4 is 27.7 Å². The van der Waals surface area contributed by atoms with E-state index in [9.17, 15) is 17.6 Å². The molecule has 0 saturated carbocycles. The number of rotatable bonds is 6. The van der Waals surface area contributed by atoms with Gasteiger partial charge >= 0.3 is 0 Å². The van der Waals surface area contributed by atoms with Gasteiger partial charge in [0.2, 0.25) is 15.9 Å². The van der Waals surface area contributed by atoms with Gasteiger partial charge in [0.15, 0.2) is 0 Å². The van der Waals surface area contributed by atoms with E-state index in [4.69, 9.17) is 0 Å². The number of carbonyl (C=O) groups is 1. The Morgan fingerprint density at radius 3 is 2.33 bits per heavy atom. The molecular weight excluding hydrogens is 443 g/mol. The van der Waals surface area contributed by atoms with Gasteiger partial charge in [-0.25, -0.2) is 22.2 Å². The minimum Gasteiger partial charge on any atom is -0.321 e. The van der Waals surface area contributed by atoms with E-state index < -0.39 is 21.5 Å². The molecule has 2 N–H and O–H groups in total. The van der Waals surface area contributed by atoms with Crippen LogP contribution in [0.1, 0.15) is 37.7 Å². The van der Waals surface area contributed by atoms with E-state index in [0.717, 1.165) is 11.3 Å². The van der Waals surface area contributed by atoms with Crippen molar-refractivity contribution in [2.45, 2.75) is 45.1 Å². The number of para-hydroxylation sites is 1. The molecule has 33 heavy (non-hydrogen) atoms. The van der Waals surface area contributed by atoms with Gasteiger partial charge in [-0.2, -0.15) is 5.10 Å². The highest BCUT2D eigenvalue weighted by Gasteiger charge is 2.24. The van der Waals surface area contributed by atoms with E-state index in [0.29, 0.717) is 11.4 Å². The van der Waals surface area contributed by atoms with Crippen LogP contribution in [0.3, 0.4) is 0 Å². The van der Waals surface area contributed by atoms with Gasteiger partial charge in [-0.1, -0.05) is 12.1 Å². The monoisotopic (exact) mass is 470 g/mol. The first-order valence-electron chi connectivity index (χ1n) is 10.3. The molecule has 0 unspecified atom stereocenters. The molecule has 0 bridgehead atoms. The summed E-state index contributed by atoms with van der Waals surface area (Å²) < 4.78 is 43.0. The van der Waals surface area contributed by atoms with Crippen molar-refractivity contribution in [3.8, 4) is 5.69 Å². The van der Waals surface area contributed by atoms with Gasteiger partial charge in [0, 0.05) is 22.9 Å². The van der Waals surface area contributed by atoms with E-state index in [2.05, 4.69) is 15.1 Å².